The van der Waals surface area contributed by atoms with Gasteiger partial charge in [0.2, 0.25) is 11.8 Å². The molecule has 2 N–H and O–H groups in total. The van der Waals surface area contributed by atoms with Crippen LogP contribution in [0.5, 0.6) is 0 Å². The molecule has 3 amide bonds. The molecule has 0 radical (unpaired) electrons. The SMILES string of the molecule is CC(=O)N1CCc2cc(C(=O)N3CCC[C@@H]3c3nc(C(N)=O)no3)ccc21. The third-order valence-corrected chi connectivity index (χ3v) is 5.06. The summed E-state index contributed by atoms with van der Waals surface area (Å²) in [5.74, 6) is -0.881. The zero-order chi connectivity index (χ0) is 19.1. The van der Waals surface area contributed by atoms with Gasteiger partial charge in [0.1, 0.15) is 6.04 Å². The van der Waals surface area contributed by atoms with Gasteiger partial charge in [0.05, 0.1) is 0 Å². The van der Waals surface area contributed by atoms with Gasteiger partial charge in [-0.3, -0.25) is 14.4 Å². The third-order valence-electron chi connectivity index (χ3n) is 5.06. The Morgan fingerprint density at radius 3 is 2.78 bits per heavy atom. The van der Waals surface area contributed by atoms with Crippen molar-refractivity contribution in [2.75, 3.05) is 18.0 Å². The van der Waals surface area contributed by atoms with Crippen LogP contribution in [0.1, 0.15) is 58.2 Å². The monoisotopic (exact) mass is 369 g/mol. The van der Waals surface area contributed by atoms with Gasteiger partial charge in [0.15, 0.2) is 0 Å². The first kappa shape index (κ1) is 17.2. The van der Waals surface area contributed by atoms with Crippen molar-refractivity contribution in [1.82, 2.24) is 15.0 Å². The van der Waals surface area contributed by atoms with Crippen LogP contribution in [-0.2, 0) is 11.2 Å². The van der Waals surface area contributed by atoms with Crippen molar-refractivity contribution in [3.05, 3.63) is 41.0 Å². The number of primary amides is 1. The lowest BCUT2D eigenvalue weighted by molar-refractivity contribution is -0.116. The fourth-order valence-corrected chi connectivity index (χ4v) is 3.76. The molecule has 0 aliphatic carbocycles. The predicted molar refractivity (Wildman–Crippen MR) is 94.0 cm³/mol. The number of carbonyl (C=O) groups excluding carboxylic acids is 3. The number of hydrogen-bond acceptors (Lipinski definition) is 6. The summed E-state index contributed by atoms with van der Waals surface area (Å²) in [7, 11) is 0. The van der Waals surface area contributed by atoms with Crippen molar-refractivity contribution in [3.8, 4) is 0 Å². The minimum Gasteiger partial charge on any atom is -0.363 e. The lowest BCUT2D eigenvalue weighted by atomic mass is 10.1. The van der Waals surface area contributed by atoms with Crippen LogP contribution in [-0.4, -0.2) is 45.9 Å². The molecule has 0 spiro atoms. The zero-order valence-corrected chi connectivity index (χ0v) is 14.8. The highest BCUT2D eigenvalue weighted by Gasteiger charge is 2.35. The molecule has 1 atom stereocenters. The number of anilines is 1. The Balaban J connectivity index is 1.58. The van der Waals surface area contributed by atoms with Gasteiger partial charge >= 0.3 is 0 Å². The number of fused-ring (bicyclic) bond motifs is 1. The Labute approximate surface area is 155 Å². The van der Waals surface area contributed by atoms with Crippen LogP contribution in [0.4, 0.5) is 5.69 Å². The van der Waals surface area contributed by atoms with Crippen molar-refractivity contribution < 1.29 is 18.9 Å². The minimum atomic E-state index is -0.769. The molecule has 0 bridgehead atoms. The summed E-state index contributed by atoms with van der Waals surface area (Å²) in [4.78, 5) is 43.3. The molecule has 1 aromatic carbocycles. The van der Waals surface area contributed by atoms with Gasteiger partial charge in [-0.1, -0.05) is 5.16 Å². The highest BCUT2D eigenvalue weighted by molar-refractivity contribution is 5.98. The molecular formula is C18H19N5O4. The van der Waals surface area contributed by atoms with E-state index in [0.29, 0.717) is 25.1 Å². The van der Waals surface area contributed by atoms with Gasteiger partial charge in [0.25, 0.3) is 17.6 Å². The second kappa shape index (κ2) is 6.49. The highest BCUT2D eigenvalue weighted by atomic mass is 16.5. The Morgan fingerprint density at radius 1 is 1.26 bits per heavy atom. The van der Waals surface area contributed by atoms with Crippen LogP contribution < -0.4 is 10.6 Å². The van der Waals surface area contributed by atoms with Gasteiger partial charge in [-0.2, -0.15) is 4.98 Å². The number of benzene rings is 1. The number of amides is 3. The quantitative estimate of drug-likeness (QED) is 0.863. The average molecular weight is 369 g/mol. The standard InChI is InChI=1S/C18H19N5O4/c1-10(24)22-8-6-11-9-12(4-5-13(11)22)18(26)23-7-2-3-14(23)17-20-16(15(19)25)21-27-17/h4-5,9,14H,2-3,6-8H2,1H3,(H2,19,25)/t14-/m1/s1. The number of carbonyl (C=O) groups is 3. The van der Waals surface area contributed by atoms with Crippen LogP contribution >= 0.6 is 0 Å². The Morgan fingerprint density at radius 2 is 2.07 bits per heavy atom. The van der Waals surface area contributed by atoms with Crippen molar-refractivity contribution >= 4 is 23.4 Å². The second-order valence-electron chi connectivity index (χ2n) is 6.74. The fraction of sp³-hybridized carbons (Fsp3) is 0.389. The Kier molecular flexibility index (Phi) is 4.14. The van der Waals surface area contributed by atoms with E-state index in [-0.39, 0.29) is 29.6 Å². The molecule has 1 saturated heterocycles. The molecule has 2 aliphatic heterocycles. The summed E-state index contributed by atoms with van der Waals surface area (Å²) in [6.45, 7) is 2.73. The molecule has 27 heavy (non-hydrogen) atoms. The van der Waals surface area contributed by atoms with E-state index in [1.807, 2.05) is 12.1 Å². The summed E-state index contributed by atoms with van der Waals surface area (Å²) >= 11 is 0. The van der Waals surface area contributed by atoms with Crippen LogP contribution in [0, 0.1) is 0 Å². The van der Waals surface area contributed by atoms with Crippen LogP contribution in [0.25, 0.3) is 0 Å². The molecule has 1 fully saturated rings. The van der Waals surface area contributed by atoms with Gasteiger partial charge in [0, 0.05) is 31.3 Å². The number of rotatable bonds is 3. The van der Waals surface area contributed by atoms with E-state index < -0.39 is 5.91 Å². The minimum absolute atomic E-state index is 0.00548. The summed E-state index contributed by atoms with van der Waals surface area (Å²) in [5, 5.41) is 3.56. The van der Waals surface area contributed by atoms with Crippen molar-refractivity contribution in [2.45, 2.75) is 32.2 Å². The van der Waals surface area contributed by atoms with E-state index in [2.05, 4.69) is 10.1 Å². The first-order valence-electron chi connectivity index (χ1n) is 8.81. The van der Waals surface area contributed by atoms with E-state index in [4.69, 9.17) is 10.3 Å². The predicted octanol–water partition coefficient (Wildman–Crippen LogP) is 1.05. The third kappa shape index (κ3) is 2.94. The number of aromatic nitrogens is 2. The van der Waals surface area contributed by atoms with Crippen molar-refractivity contribution in [3.63, 3.8) is 0 Å². The van der Waals surface area contributed by atoms with E-state index in [0.717, 1.165) is 24.1 Å². The maximum absolute atomic E-state index is 13.1. The number of hydrogen-bond donors (Lipinski definition) is 1. The first-order valence-corrected chi connectivity index (χ1v) is 8.81. The van der Waals surface area contributed by atoms with Crippen LogP contribution in [0.2, 0.25) is 0 Å². The molecule has 140 valence electrons. The van der Waals surface area contributed by atoms with Crippen LogP contribution in [0.3, 0.4) is 0 Å². The molecule has 2 aliphatic rings. The van der Waals surface area contributed by atoms with Crippen molar-refractivity contribution in [1.29, 1.82) is 0 Å². The number of nitrogens with zero attached hydrogens (tertiary/aromatic N) is 4. The Hall–Kier alpha value is -3.23. The number of likely N-dealkylation sites (tertiary alicyclic amines) is 1. The molecule has 2 aromatic rings. The number of nitrogens with two attached hydrogens (primary N) is 1. The smallest absolute Gasteiger partial charge is 0.290 e. The maximum Gasteiger partial charge on any atom is 0.290 e. The molecule has 0 saturated carbocycles. The molecule has 9 nitrogen and oxygen atoms in total. The topological polar surface area (TPSA) is 123 Å². The van der Waals surface area contributed by atoms with Gasteiger partial charge in [-0.05, 0) is 43.0 Å². The summed E-state index contributed by atoms with van der Waals surface area (Å²) < 4.78 is 5.14. The molecule has 9 heteroatoms. The summed E-state index contributed by atoms with van der Waals surface area (Å²) in [6.07, 6.45) is 2.20. The fourth-order valence-electron chi connectivity index (χ4n) is 3.76. The van der Waals surface area contributed by atoms with E-state index in [9.17, 15) is 14.4 Å². The van der Waals surface area contributed by atoms with Crippen molar-refractivity contribution in [2.24, 2.45) is 5.73 Å². The second-order valence-corrected chi connectivity index (χ2v) is 6.74. The average Bonchev–Trinajstić information content (AvgIpc) is 3.37. The van der Waals surface area contributed by atoms with E-state index >= 15 is 0 Å². The van der Waals surface area contributed by atoms with E-state index in [1.165, 1.54) is 6.92 Å². The molecule has 3 heterocycles. The highest BCUT2D eigenvalue weighted by Crippen LogP contribution is 2.34. The summed E-state index contributed by atoms with van der Waals surface area (Å²) in [6, 6.07) is 5.03. The lowest BCUT2D eigenvalue weighted by Gasteiger charge is -2.22. The molecule has 4 rings (SSSR count). The lowest BCUT2D eigenvalue weighted by Crippen LogP contribution is -2.31. The molecule has 1 aromatic heterocycles. The largest absolute Gasteiger partial charge is 0.363 e. The zero-order valence-electron chi connectivity index (χ0n) is 14.8. The molecule has 0 unspecified atom stereocenters. The maximum atomic E-state index is 13.1. The van der Waals surface area contributed by atoms with Gasteiger partial charge in [-0.25, -0.2) is 0 Å². The van der Waals surface area contributed by atoms with Crippen LogP contribution in [0.15, 0.2) is 22.7 Å². The molecular weight excluding hydrogens is 350 g/mol. The first-order chi connectivity index (χ1) is 13.0. The van der Waals surface area contributed by atoms with Gasteiger partial charge < -0.3 is 20.1 Å². The normalized spacial score (nSPS) is 18.6. The van der Waals surface area contributed by atoms with Gasteiger partial charge in [-0.15, -0.1) is 0 Å². The van der Waals surface area contributed by atoms with E-state index in [1.54, 1.807) is 15.9 Å². The Bertz CT molecular complexity index is 938. The summed E-state index contributed by atoms with van der Waals surface area (Å²) in [5.41, 5.74) is 7.57.